The molecule has 0 fully saturated rings. The lowest BCUT2D eigenvalue weighted by Gasteiger charge is -1.93. The second-order valence-corrected chi connectivity index (χ2v) is 5.00. The standard InChI is InChI=1S/C5H11NO.C5H10O.C4H11N.C4H10O.C3H8/c1-3-5(7)6-4-2;1-3-5(6)4-2;2*1-3-5-4-2;1-3-2/h3-4H2,1-2H3,(H,6,7);3-4H2,1-2H3;5H,3-4H2,1-2H3;3-4H2,1-2H3;3H2,1-2H3. The fourth-order valence-electron chi connectivity index (χ4n) is 1.03. The Morgan fingerprint density at radius 1 is 0.654 bits per heavy atom. The lowest BCUT2D eigenvalue weighted by molar-refractivity contribution is -0.120. The molecule has 0 spiro atoms. The van der Waals surface area contributed by atoms with E-state index in [9.17, 15) is 9.59 Å². The second-order valence-electron chi connectivity index (χ2n) is 5.00. The average molecular weight is 379 g/mol. The highest BCUT2D eigenvalue weighted by Gasteiger charge is 1.88. The lowest BCUT2D eigenvalue weighted by Crippen LogP contribution is -2.20. The smallest absolute Gasteiger partial charge is 0.219 e. The first kappa shape index (κ1) is 36.1. The van der Waals surface area contributed by atoms with Crippen LogP contribution in [0, 0.1) is 0 Å². The molecule has 1 amide bonds. The summed E-state index contributed by atoms with van der Waals surface area (Å²) >= 11 is 0. The van der Waals surface area contributed by atoms with Crippen molar-refractivity contribution in [3.8, 4) is 0 Å². The molecule has 0 aromatic rings. The Morgan fingerprint density at radius 2 is 1.04 bits per heavy atom. The molecule has 0 aliphatic heterocycles. The molecule has 0 bridgehead atoms. The van der Waals surface area contributed by atoms with E-state index in [2.05, 4.69) is 38.3 Å². The van der Waals surface area contributed by atoms with Crippen molar-refractivity contribution in [1.82, 2.24) is 10.6 Å². The van der Waals surface area contributed by atoms with E-state index < -0.39 is 0 Å². The summed E-state index contributed by atoms with van der Waals surface area (Å²) in [6, 6.07) is 0. The number of ketones is 1. The van der Waals surface area contributed by atoms with Crippen molar-refractivity contribution in [2.24, 2.45) is 0 Å². The summed E-state index contributed by atoms with van der Waals surface area (Å²) in [5.74, 6) is 0.470. The van der Waals surface area contributed by atoms with Gasteiger partial charge in [0.05, 0.1) is 0 Å². The van der Waals surface area contributed by atoms with Gasteiger partial charge in [0.1, 0.15) is 5.78 Å². The van der Waals surface area contributed by atoms with Crippen LogP contribution in [0.25, 0.3) is 0 Å². The molecule has 0 heterocycles. The Morgan fingerprint density at radius 3 is 1.08 bits per heavy atom. The fraction of sp³-hybridized carbons (Fsp3) is 0.905. The summed E-state index contributed by atoms with van der Waals surface area (Å²) in [6.45, 7) is 24.6. The Balaban J connectivity index is -0.0000000724. The molecule has 5 nitrogen and oxygen atoms in total. The Bertz CT molecular complexity index is 219. The van der Waals surface area contributed by atoms with Crippen LogP contribution in [0.15, 0.2) is 0 Å². The maximum Gasteiger partial charge on any atom is 0.219 e. The zero-order valence-electron chi connectivity index (χ0n) is 19.6. The van der Waals surface area contributed by atoms with Crippen LogP contribution < -0.4 is 10.6 Å². The third kappa shape index (κ3) is 77.2. The number of Topliss-reactive ketones (excluding diaryl/α,β-unsaturated/α-hetero) is 1. The largest absolute Gasteiger partial charge is 0.382 e. The van der Waals surface area contributed by atoms with Gasteiger partial charge in [0, 0.05) is 39.0 Å². The number of carbonyl (C=O) groups is 2. The van der Waals surface area contributed by atoms with Gasteiger partial charge in [0.25, 0.3) is 0 Å². The maximum absolute atomic E-state index is 10.3. The molecule has 0 saturated heterocycles. The monoisotopic (exact) mass is 378 g/mol. The van der Waals surface area contributed by atoms with Crippen LogP contribution in [0.1, 0.15) is 94.9 Å². The highest BCUT2D eigenvalue weighted by atomic mass is 16.5. The molecule has 0 atom stereocenters. The minimum atomic E-state index is 0.127. The molecule has 0 aromatic carbocycles. The van der Waals surface area contributed by atoms with Gasteiger partial charge in [-0.3, -0.25) is 9.59 Å². The Hall–Kier alpha value is -0.940. The van der Waals surface area contributed by atoms with Gasteiger partial charge in [-0.2, -0.15) is 0 Å². The summed E-state index contributed by atoms with van der Waals surface area (Å²) in [4.78, 5) is 20.5. The van der Waals surface area contributed by atoms with E-state index in [0.29, 0.717) is 25.0 Å². The van der Waals surface area contributed by atoms with Crippen LogP contribution >= 0.6 is 0 Å². The van der Waals surface area contributed by atoms with Crippen molar-refractivity contribution in [3.63, 3.8) is 0 Å². The van der Waals surface area contributed by atoms with E-state index in [0.717, 1.165) is 32.8 Å². The number of nitrogens with one attached hydrogen (secondary N) is 2. The number of rotatable bonds is 8. The van der Waals surface area contributed by atoms with Crippen LogP contribution in [0.4, 0.5) is 0 Å². The number of carbonyl (C=O) groups excluding carboxylic acids is 2. The van der Waals surface area contributed by atoms with Gasteiger partial charge in [0.15, 0.2) is 0 Å². The topological polar surface area (TPSA) is 67.4 Å². The van der Waals surface area contributed by atoms with Gasteiger partial charge < -0.3 is 15.4 Å². The van der Waals surface area contributed by atoms with Gasteiger partial charge in [-0.25, -0.2) is 0 Å². The predicted octanol–water partition coefficient (Wildman–Crippen LogP) is 4.98. The Kier molecular flexibility index (Phi) is 61.0. The molecule has 0 unspecified atom stereocenters. The average Bonchev–Trinajstić information content (AvgIpc) is 2.64. The first-order chi connectivity index (χ1) is 12.4. The summed E-state index contributed by atoms with van der Waals surface area (Å²) < 4.78 is 4.83. The number of ether oxygens (including phenoxy) is 1. The summed E-state index contributed by atoms with van der Waals surface area (Å²) in [5.41, 5.74) is 0. The third-order valence-corrected chi connectivity index (χ3v) is 2.39. The molecular weight excluding hydrogens is 328 g/mol. The van der Waals surface area contributed by atoms with E-state index in [1.165, 1.54) is 6.42 Å². The van der Waals surface area contributed by atoms with E-state index in [-0.39, 0.29) is 5.91 Å². The van der Waals surface area contributed by atoms with Crippen molar-refractivity contribution in [1.29, 1.82) is 0 Å². The van der Waals surface area contributed by atoms with E-state index in [1.54, 1.807) is 0 Å². The normalized spacial score (nSPS) is 8.08. The maximum atomic E-state index is 10.3. The second kappa shape index (κ2) is 44.0. The van der Waals surface area contributed by atoms with Crippen LogP contribution in [-0.2, 0) is 14.3 Å². The molecule has 0 saturated carbocycles. The lowest BCUT2D eigenvalue weighted by atomic mass is 10.3. The van der Waals surface area contributed by atoms with Gasteiger partial charge in [-0.1, -0.05) is 54.9 Å². The first-order valence-corrected chi connectivity index (χ1v) is 10.4. The zero-order chi connectivity index (χ0) is 21.6. The molecule has 0 aliphatic carbocycles. The molecule has 5 heteroatoms. The SMILES string of the molecule is CCC.CCC(=O)CC.CCNC(=O)CC.CCNCC.CCOCC. The van der Waals surface area contributed by atoms with Gasteiger partial charge in [-0.05, 0) is 33.9 Å². The molecular formula is C21H50N2O3. The van der Waals surface area contributed by atoms with Crippen LogP contribution in [0.2, 0.25) is 0 Å². The molecule has 0 aromatic heterocycles. The molecule has 26 heavy (non-hydrogen) atoms. The van der Waals surface area contributed by atoms with E-state index >= 15 is 0 Å². The highest BCUT2D eigenvalue weighted by Crippen LogP contribution is 1.83. The van der Waals surface area contributed by atoms with E-state index in [4.69, 9.17) is 4.74 Å². The molecule has 2 N–H and O–H groups in total. The Labute approximate surface area is 165 Å². The summed E-state index contributed by atoms with van der Waals surface area (Å²) in [6.07, 6.45) is 3.22. The molecule has 0 radical (unpaired) electrons. The number of hydrogen-bond donors (Lipinski definition) is 2. The van der Waals surface area contributed by atoms with Gasteiger partial charge in [0.2, 0.25) is 5.91 Å². The number of hydrogen-bond acceptors (Lipinski definition) is 4. The quantitative estimate of drug-likeness (QED) is 0.625. The fourth-order valence-corrected chi connectivity index (χ4v) is 1.03. The summed E-state index contributed by atoms with van der Waals surface area (Å²) in [7, 11) is 0. The van der Waals surface area contributed by atoms with Crippen LogP contribution in [-0.4, -0.2) is 44.5 Å². The van der Waals surface area contributed by atoms with E-state index in [1.807, 2.05) is 41.5 Å². The minimum absolute atomic E-state index is 0.127. The van der Waals surface area contributed by atoms with Gasteiger partial charge >= 0.3 is 0 Å². The van der Waals surface area contributed by atoms with Crippen molar-refractivity contribution < 1.29 is 14.3 Å². The third-order valence-electron chi connectivity index (χ3n) is 2.39. The number of amides is 1. The predicted molar refractivity (Wildman–Crippen MR) is 117 cm³/mol. The molecule has 0 aliphatic rings. The van der Waals surface area contributed by atoms with Crippen molar-refractivity contribution in [2.45, 2.75) is 94.9 Å². The van der Waals surface area contributed by atoms with Crippen LogP contribution in [0.5, 0.6) is 0 Å². The molecule has 162 valence electrons. The first-order valence-electron chi connectivity index (χ1n) is 10.4. The van der Waals surface area contributed by atoms with Crippen molar-refractivity contribution in [3.05, 3.63) is 0 Å². The zero-order valence-corrected chi connectivity index (χ0v) is 19.6. The molecule has 0 rings (SSSR count). The van der Waals surface area contributed by atoms with Crippen molar-refractivity contribution >= 4 is 11.7 Å². The van der Waals surface area contributed by atoms with Crippen LogP contribution in [0.3, 0.4) is 0 Å². The highest BCUT2D eigenvalue weighted by molar-refractivity contribution is 5.77. The van der Waals surface area contributed by atoms with Crippen molar-refractivity contribution in [2.75, 3.05) is 32.8 Å². The van der Waals surface area contributed by atoms with Gasteiger partial charge in [-0.15, -0.1) is 0 Å². The summed E-state index contributed by atoms with van der Waals surface area (Å²) in [5, 5.41) is 5.77. The minimum Gasteiger partial charge on any atom is -0.382 e.